The maximum Gasteiger partial charge on any atom is 0.573 e. The lowest BCUT2D eigenvalue weighted by Gasteiger charge is -2.31. The van der Waals surface area contributed by atoms with E-state index in [4.69, 9.17) is 0 Å². The van der Waals surface area contributed by atoms with Crippen LogP contribution in [-0.2, 0) is 24.3 Å². The summed E-state index contributed by atoms with van der Waals surface area (Å²) in [4.78, 5) is 35.5. The van der Waals surface area contributed by atoms with E-state index in [0.717, 1.165) is 46.8 Å². The lowest BCUT2D eigenvalue weighted by atomic mass is 9.99. The largest absolute Gasteiger partial charge is 0.573 e. The number of methoxy groups -OCH3 is 1. The molecule has 1 aliphatic rings. The molecule has 0 bridgehead atoms. The number of hydrogen-bond donors (Lipinski definition) is 3. The SMILES string of the molecule is COC(=O)CCNC(=O)[C@@H]1CCCN(S(=O)(=O)c2ccc(NC(=O)Nc3ccc(OC(F)(F)F)cc3)c(F)c2)C1. The molecule has 3 N–H and O–H groups in total. The van der Waals surface area contributed by atoms with E-state index in [2.05, 4.69) is 25.4 Å². The topological polar surface area (TPSA) is 143 Å². The van der Waals surface area contributed by atoms with Crippen LogP contribution in [-0.4, -0.2) is 63.7 Å². The molecule has 1 atom stereocenters. The van der Waals surface area contributed by atoms with E-state index in [9.17, 15) is 40.4 Å². The predicted molar refractivity (Wildman–Crippen MR) is 133 cm³/mol. The van der Waals surface area contributed by atoms with E-state index in [1.807, 2.05) is 0 Å². The van der Waals surface area contributed by atoms with Gasteiger partial charge in [-0.05, 0) is 55.3 Å². The van der Waals surface area contributed by atoms with Crippen LogP contribution in [0.5, 0.6) is 5.75 Å². The van der Waals surface area contributed by atoms with Crippen molar-refractivity contribution in [1.82, 2.24) is 9.62 Å². The van der Waals surface area contributed by atoms with Crippen molar-refractivity contribution in [2.24, 2.45) is 5.92 Å². The van der Waals surface area contributed by atoms with Crippen LogP contribution in [0.25, 0.3) is 0 Å². The maximum atomic E-state index is 14.7. The van der Waals surface area contributed by atoms with Crippen molar-refractivity contribution in [3.63, 3.8) is 0 Å². The monoisotopic (exact) mass is 590 g/mol. The zero-order valence-corrected chi connectivity index (χ0v) is 21.9. The fourth-order valence-corrected chi connectivity index (χ4v) is 5.38. The van der Waals surface area contributed by atoms with Gasteiger partial charge in [0.1, 0.15) is 11.6 Å². The van der Waals surface area contributed by atoms with Crippen molar-refractivity contribution in [3.05, 3.63) is 48.3 Å². The van der Waals surface area contributed by atoms with Crippen molar-refractivity contribution in [3.8, 4) is 5.75 Å². The van der Waals surface area contributed by atoms with Crippen LogP contribution < -0.4 is 20.7 Å². The number of piperidine rings is 1. The molecule has 218 valence electrons. The number of benzene rings is 2. The second-order valence-electron chi connectivity index (χ2n) is 8.61. The number of nitrogens with zero attached hydrogens (tertiary/aromatic N) is 1. The number of carbonyl (C=O) groups is 3. The number of esters is 1. The van der Waals surface area contributed by atoms with Crippen LogP contribution >= 0.6 is 0 Å². The van der Waals surface area contributed by atoms with Gasteiger partial charge in [-0.2, -0.15) is 4.31 Å². The highest BCUT2D eigenvalue weighted by Crippen LogP contribution is 2.27. The second-order valence-corrected chi connectivity index (χ2v) is 10.6. The van der Waals surface area contributed by atoms with Gasteiger partial charge < -0.3 is 25.4 Å². The summed E-state index contributed by atoms with van der Waals surface area (Å²) in [6, 6.07) is 6.15. The average molecular weight is 591 g/mol. The molecular weight excluding hydrogens is 564 g/mol. The number of alkyl halides is 3. The predicted octanol–water partition coefficient (Wildman–Crippen LogP) is 3.45. The summed E-state index contributed by atoms with van der Waals surface area (Å²) in [5.41, 5.74) is -0.268. The van der Waals surface area contributed by atoms with Gasteiger partial charge in [-0.25, -0.2) is 17.6 Å². The van der Waals surface area contributed by atoms with Gasteiger partial charge in [-0.1, -0.05) is 0 Å². The molecule has 16 heteroatoms. The minimum atomic E-state index is -4.87. The van der Waals surface area contributed by atoms with Gasteiger partial charge in [0.2, 0.25) is 15.9 Å². The molecule has 0 unspecified atom stereocenters. The number of halogens is 4. The number of urea groups is 1. The number of amides is 3. The third kappa shape index (κ3) is 8.54. The summed E-state index contributed by atoms with van der Waals surface area (Å²) < 4.78 is 87.1. The average Bonchev–Trinajstić information content (AvgIpc) is 2.90. The molecule has 2 aromatic carbocycles. The maximum absolute atomic E-state index is 14.7. The zero-order chi connectivity index (χ0) is 29.5. The molecule has 2 aromatic rings. The zero-order valence-electron chi connectivity index (χ0n) is 21.1. The van der Waals surface area contributed by atoms with Gasteiger partial charge >= 0.3 is 18.4 Å². The smallest absolute Gasteiger partial charge is 0.469 e. The summed E-state index contributed by atoms with van der Waals surface area (Å²) >= 11 is 0. The van der Waals surface area contributed by atoms with Crippen LogP contribution in [0.1, 0.15) is 19.3 Å². The number of sulfonamides is 1. The highest BCUT2D eigenvalue weighted by atomic mass is 32.2. The van der Waals surface area contributed by atoms with E-state index in [1.165, 1.54) is 7.11 Å². The third-order valence-electron chi connectivity index (χ3n) is 5.78. The number of anilines is 2. The summed E-state index contributed by atoms with van der Waals surface area (Å²) in [5.74, 6) is -3.13. The normalized spacial score (nSPS) is 16.1. The molecule has 11 nitrogen and oxygen atoms in total. The quantitative estimate of drug-likeness (QED) is 0.300. The van der Waals surface area contributed by atoms with E-state index in [-0.39, 0.29) is 42.3 Å². The number of carbonyl (C=O) groups excluding carboxylic acids is 3. The van der Waals surface area contributed by atoms with Crippen LogP contribution in [0, 0.1) is 11.7 Å². The van der Waals surface area contributed by atoms with Crippen molar-refractivity contribution in [2.75, 3.05) is 37.4 Å². The number of hydrogen-bond acceptors (Lipinski definition) is 7. The fourth-order valence-electron chi connectivity index (χ4n) is 3.84. The molecule has 0 radical (unpaired) electrons. The Kier molecular flexibility index (Phi) is 9.92. The van der Waals surface area contributed by atoms with Gasteiger partial charge in [-0.15, -0.1) is 13.2 Å². The Bertz CT molecular complexity index is 1340. The summed E-state index contributed by atoms with van der Waals surface area (Å²) in [6.45, 7) is 0.0219. The number of rotatable bonds is 9. The second kappa shape index (κ2) is 13.0. The Labute approximate surface area is 226 Å². The molecule has 40 heavy (non-hydrogen) atoms. The summed E-state index contributed by atoms with van der Waals surface area (Å²) in [7, 11) is -2.96. The molecule has 1 heterocycles. The fraction of sp³-hybridized carbons (Fsp3) is 0.375. The first-order valence-corrected chi connectivity index (χ1v) is 13.3. The van der Waals surface area contributed by atoms with E-state index in [1.54, 1.807) is 0 Å². The molecule has 1 fully saturated rings. The van der Waals surface area contributed by atoms with Crippen LogP contribution in [0.15, 0.2) is 47.4 Å². The van der Waals surface area contributed by atoms with E-state index < -0.39 is 51.8 Å². The van der Waals surface area contributed by atoms with Crippen molar-refractivity contribution >= 4 is 39.3 Å². The Hall–Kier alpha value is -3.92. The molecule has 0 aliphatic carbocycles. The molecule has 0 spiro atoms. The van der Waals surface area contributed by atoms with Gasteiger partial charge in [-0.3, -0.25) is 9.59 Å². The first-order valence-electron chi connectivity index (χ1n) is 11.9. The first-order chi connectivity index (χ1) is 18.8. The first kappa shape index (κ1) is 30.6. The Morgan fingerprint density at radius 1 is 1.07 bits per heavy atom. The van der Waals surface area contributed by atoms with Gasteiger partial charge in [0.25, 0.3) is 0 Å². The van der Waals surface area contributed by atoms with Crippen LogP contribution in [0.3, 0.4) is 0 Å². The number of ether oxygens (including phenoxy) is 2. The minimum Gasteiger partial charge on any atom is -0.469 e. The Morgan fingerprint density at radius 2 is 1.77 bits per heavy atom. The minimum absolute atomic E-state index is 0.0299. The molecular formula is C24H26F4N4O7S. The van der Waals surface area contributed by atoms with Crippen molar-refractivity contribution in [2.45, 2.75) is 30.5 Å². The standard InChI is InChI=1S/C24H26F4N4O7S/c1-38-21(33)10-11-29-22(34)15-3-2-12-32(14-15)40(36,37)18-8-9-20(19(25)13-18)31-23(35)30-16-4-6-17(7-5-16)39-24(26,27)28/h4-9,13,15H,2-3,10-12,14H2,1H3,(H,29,34)(H2,30,31,35)/t15-/m1/s1. The van der Waals surface area contributed by atoms with Gasteiger partial charge in [0.15, 0.2) is 0 Å². The third-order valence-corrected chi connectivity index (χ3v) is 7.64. The molecule has 3 amide bonds. The molecule has 1 saturated heterocycles. The highest BCUT2D eigenvalue weighted by molar-refractivity contribution is 7.89. The summed E-state index contributed by atoms with van der Waals surface area (Å²) in [6.07, 6.45) is -4.08. The lowest BCUT2D eigenvalue weighted by Crippen LogP contribution is -2.45. The molecule has 0 saturated carbocycles. The molecule has 0 aromatic heterocycles. The van der Waals surface area contributed by atoms with E-state index >= 15 is 0 Å². The molecule has 3 rings (SSSR count). The van der Waals surface area contributed by atoms with Crippen LogP contribution in [0.2, 0.25) is 0 Å². The Balaban J connectivity index is 1.60. The molecule has 1 aliphatic heterocycles. The van der Waals surface area contributed by atoms with Crippen molar-refractivity contribution in [1.29, 1.82) is 0 Å². The number of nitrogens with one attached hydrogen (secondary N) is 3. The lowest BCUT2D eigenvalue weighted by molar-refractivity contribution is -0.274. The van der Waals surface area contributed by atoms with Crippen molar-refractivity contribution < 1.29 is 49.8 Å². The van der Waals surface area contributed by atoms with Gasteiger partial charge in [0, 0.05) is 25.3 Å². The van der Waals surface area contributed by atoms with Crippen LogP contribution in [0.4, 0.5) is 33.7 Å². The van der Waals surface area contributed by atoms with Gasteiger partial charge in [0.05, 0.1) is 30.0 Å². The Morgan fingerprint density at radius 3 is 2.40 bits per heavy atom. The van der Waals surface area contributed by atoms with E-state index in [0.29, 0.717) is 12.8 Å². The summed E-state index contributed by atoms with van der Waals surface area (Å²) in [5, 5.41) is 7.07. The highest BCUT2D eigenvalue weighted by Gasteiger charge is 2.34.